The van der Waals surface area contributed by atoms with Gasteiger partial charge in [-0.3, -0.25) is 4.90 Å². The van der Waals surface area contributed by atoms with E-state index < -0.39 is 11.8 Å². The second-order valence-corrected chi connectivity index (χ2v) is 5.22. The number of alkyl halides is 3. The van der Waals surface area contributed by atoms with Crippen LogP contribution in [0, 0.1) is 5.92 Å². The Morgan fingerprint density at radius 2 is 2.12 bits per heavy atom. The molecule has 1 rings (SSSR count). The molecule has 0 aromatic rings. The molecule has 0 spiro atoms. The van der Waals surface area contributed by atoms with Gasteiger partial charge in [-0.2, -0.15) is 25.8 Å². The number of rotatable bonds is 5. The molecule has 1 aliphatic heterocycles. The molecule has 0 aromatic carbocycles. The maximum absolute atomic E-state index is 12.6. The number of thiol groups is 1. The average molecular weight is 271 g/mol. The summed E-state index contributed by atoms with van der Waals surface area (Å²) in [5, 5.41) is 9.53. The van der Waals surface area contributed by atoms with Gasteiger partial charge in [0.05, 0.1) is 0 Å². The van der Waals surface area contributed by atoms with Crippen molar-refractivity contribution in [1.29, 1.82) is 0 Å². The van der Waals surface area contributed by atoms with Crippen LogP contribution in [0.15, 0.2) is 0 Å². The fourth-order valence-corrected chi connectivity index (χ4v) is 2.57. The Morgan fingerprint density at radius 3 is 2.53 bits per heavy atom. The lowest BCUT2D eigenvalue weighted by Gasteiger charge is -2.27. The highest BCUT2D eigenvalue weighted by atomic mass is 32.1. The molecule has 0 radical (unpaired) electrons. The fourth-order valence-electron chi connectivity index (χ4n) is 2.27. The molecule has 1 aliphatic rings. The number of nitrogens with zero attached hydrogens (tertiary/aromatic N) is 1. The van der Waals surface area contributed by atoms with Crippen LogP contribution in [0.2, 0.25) is 0 Å². The van der Waals surface area contributed by atoms with Crippen LogP contribution in [0.3, 0.4) is 0 Å². The van der Waals surface area contributed by atoms with E-state index in [0.29, 0.717) is 24.8 Å². The Morgan fingerprint density at radius 1 is 1.47 bits per heavy atom. The molecule has 102 valence electrons. The minimum absolute atomic E-state index is 0.220. The summed E-state index contributed by atoms with van der Waals surface area (Å²) in [6, 6.07) is 0. The van der Waals surface area contributed by atoms with E-state index in [1.165, 1.54) is 0 Å². The van der Waals surface area contributed by atoms with Gasteiger partial charge in [0.2, 0.25) is 0 Å². The fraction of sp³-hybridized carbons (Fsp3) is 1.00. The molecule has 1 N–H and O–H groups in total. The zero-order valence-corrected chi connectivity index (χ0v) is 10.9. The van der Waals surface area contributed by atoms with Crippen LogP contribution >= 0.6 is 12.6 Å². The molecule has 0 amide bonds. The molecule has 1 heterocycles. The molecule has 2 nitrogen and oxygen atoms in total. The lowest BCUT2D eigenvalue weighted by Crippen LogP contribution is -2.47. The SMILES string of the molecule is CCCC(CS)CN1CCC(O)(C(F)(F)F)C1. The molecule has 2 unspecified atom stereocenters. The Balaban J connectivity index is 2.50. The highest BCUT2D eigenvalue weighted by Crippen LogP contribution is 2.37. The molecule has 17 heavy (non-hydrogen) atoms. The monoisotopic (exact) mass is 271 g/mol. The van der Waals surface area contributed by atoms with Crippen molar-refractivity contribution in [1.82, 2.24) is 4.90 Å². The third-order valence-corrected chi connectivity index (χ3v) is 3.84. The Hall–Kier alpha value is 0.0600. The normalized spacial score (nSPS) is 28.6. The summed E-state index contributed by atoms with van der Waals surface area (Å²) in [4.78, 5) is 1.70. The van der Waals surface area contributed by atoms with E-state index in [1.807, 2.05) is 6.92 Å². The van der Waals surface area contributed by atoms with Gasteiger partial charge in [0.15, 0.2) is 5.60 Å². The van der Waals surface area contributed by atoms with Crippen LogP contribution in [0.25, 0.3) is 0 Å². The number of hydrogen-bond donors (Lipinski definition) is 2. The third-order valence-electron chi connectivity index (χ3n) is 3.33. The van der Waals surface area contributed by atoms with E-state index in [0.717, 1.165) is 12.8 Å². The molecule has 0 saturated carbocycles. The minimum Gasteiger partial charge on any atom is -0.379 e. The standard InChI is InChI=1S/C11H20F3NOS/c1-2-3-9(7-17)6-15-5-4-10(16,8-15)11(12,13)14/h9,16-17H,2-8H2,1H3. The van der Waals surface area contributed by atoms with Crippen LogP contribution in [0.4, 0.5) is 13.2 Å². The maximum Gasteiger partial charge on any atom is 0.418 e. The van der Waals surface area contributed by atoms with Gasteiger partial charge in [-0.25, -0.2) is 0 Å². The summed E-state index contributed by atoms with van der Waals surface area (Å²) in [5.41, 5.74) is -2.51. The van der Waals surface area contributed by atoms with Gasteiger partial charge in [-0.1, -0.05) is 13.3 Å². The van der Waals surface area contributed by atoms with E-state index >= 15 is 0 Å². The van der Waals surface area contributed by atoms with Crippen molar-refractivity contribution in [2.75, 3.05) is 25.4 Å². The molecule has 0 aliphatic carbocycles. The quantitative estimate of drug-likeness (QED) is 0.750. The van der Waals surface area contributed by atoms with Gasteiger partial charge in [0, 0.05) is 19.6 Å². The molecule has 6 heteroatoms. The molecular weight excluding hydrogens is 251 g/mol. The molecule has 0 bridgehead atoms. The number of aliphatic hydroxyl groups is 1. The molecule has 1 fully saturated rings. The van der Waals surface area contributed by atoms with Crippen molar-refractivity contribution < 1.29 is 18.3 Å². The van der Waals surface area contributed by atoms with Crippen LogP contribution in [0.5, 0.6) is 0 Å². The maximum atomic E-state index is 12.6. The Kier molecular flexibility index (Phi) is 5.16. The summed E-state index contributed by atoms with van der Waals surface area (Å²) in [7, 11) is 0. The number of halogens is 3. The zero-order chi connectivity index (χ0) is 13.1. The largest absolute Gasteiger partial charge is 0.418 e. The predicted molar refractivity (Wildman–Crippen MR) is 64.3 cm³/mol. The summed E-state index contributed by atoms with van der Waals surface area (Å²) in [5.74, 6) is 0.980. The van der Waals surface area contributed by atoms with Crippen molar-refractivity contribution in [2.24, 2.45) is 5.92 Å². The van der Waals surface area contributed by atoms with Crippen molar-refractivity contribution in [3.63, 3.8) is 0 Å². The first-order chi connectivity index (χ1) is 7.82. The first-order valence-corrected chi connectivity index (χ1v) is 6.58. The lowest BCUT2D eigenvalue weighted by atomic mass is 10.0. The van der Waals surface area contributed by atoms with Crippen molar-refractivity contribution in [2.45, 2.75) is 38.0 Å². The van der Waals surface area contributed by atoms with Crippen LogP contribution in [-0.4, -0.2) is 47.2 Å². The topological polar surface area (TPSA) is 23.5 Å². The van der Waals surface area contributed by atoms with Gasteiger partial charge in [0.1, 0.15) is 0 Å². The minimum atomic E-state index is -4.52. The van der Waals surface area contributed by atoms with E-state index in [-0.39, 0.29) is 13.0 Å². The van der Waals surface area contributed by atoms with Crippen molar-refractivity contribution in [3.8, 4) is 0 Å². The van der Waals surface area contributed by atoms with Gasteiger partial charge in [0.25, 0.3) is 0 Å². The first-order valence-electron chi connectivity index (χ1n) is 5.94. The van der Waals surface area contributed by atoms with Gasteiger partial charge >= 0.3 is 6.18 Å². The van der Waals surface area contributed by atoms with Gasteiger partial charge < -0.3 is 5.11 Å². The van der Waals surface area contributed by atoms with E-state index in [1.54, 1.807) is 4.90 Å². The lowest BCUT2D eigenvalue weighted by molar-refractivity contribution is -0.254. The highest BCUT2D eigenvalue weighted by molar-refractivity contribution is 7.80. The van der Waals surface area contributed by atoms with Crippen LogP contribution < -0.4 is 0 Å². The second kappa shape index (κ2) is 5.80. The Bertz CT molecular complexity index is 249. The van der Waals surface area contributed by atoms with Gasteiger partial charge in [-0.05, 0) is 24.5 Å². The van der Waals surface area contributed by atoms with E-state index in [9.17, 15) is 18.3 Å². The number of β-amino-alcohol motifs (C(OH)–C–C–N with tert-alkyl or cyclic N) is 1. The number of likely N-dealkylation sites (tertiary alicyclic amines) is 1. The Labute approximate surface area is 106 Å². The first kappa shape index (κ1) is 15.1. The summed E-state index contributed by atoms with van der Waals surface area (Å²) < 4.78 is 37.8. The van der Waals surface area contributed by atoms with E-state index in [4.69, 9.17) is 0 Å². The average Bonchev–Trinajstić information content (AvgIpc) is 2.60. The smallest absolute Gasteiger partial charge is 0.379 e. The molecule has 0 aromatic heterocycles. The summed E-state index contributed by atoms with van der Waals surface area (Å²) >= 11 is 4.21. The summed E-state index contributed by atoms with van der Waals surface area (Å²) in [6.45, 7) is 2.65. The third kappa shape index (κ3) is 3.76. The zero-order valence-electron chi connectivity index (χ0n) is 10.0. The number of hydrogen-bond acceptors (Lipinski definition) is 3. The van der Waals surface area contributed by atoms with Crippen molar-refractivity contribution in [3.05, 3.63) is 0 Å². The van der Waals surface area contributed by atoms with Crippen LogP contribution in [-0.2, 0) is 0 Å². The second-order valence-electron chi connectivity index (χ2n) is 4.85. The predicted octanol–water partition coefficient (Wildman–Crippen LogP) is 2.33. The van der Waals surface area contributed by atoms with Crippen LogP contribution in [0.1, 0.15) is 26.2 Å². The highest BCUT2D eigenvalue weighted by Gasteiger charge is 2.56. The van der Waals surface area contributed by atoms with Crippen molar-refractivity contribution >= 4 is 12.6 Å². The van der Waals surface area contributed by atoms with Gasteiger partial charge in [-0.15, -0.1) is 0 Å². The summed E-state index contributed by atoms with van der Waals surface area (Å²) in [6.07, 6.45) is -2.78. The molecular formula is C11H20F3NOS. The van der Waals surface area contributed by atoms with E-state index in [2.05, 4.69) is 12.6 Å². The molecule has 2 atom stereocenters. The molecule has 1 saturated heterocycles.